The summed E-state index contributed by atoms with van der Waals surface area (Å²) in [7, 11) is 2.02. The Kier molecular flexibility index (Phi) is 7.18. The van der Waals surface area contributed by atoms with Crippen LogP contribution in [-0.4, -0.2) is 47.3 Å². The number of halogens is 4. The first-order valence-corrected chi connectivity index (χ1v) is 11.4. The quantitative estimate of drug-likeness (QED) is 0.256. The summed E-state index contributed by atoms with van der Waals surface area (Å²) in [5.41, 5.74) is 2.45. The van der Waals surface area contributed by atoms with Gasteiger partial charge in [0.2, 0.25) is 11.7 Å². The van der Waals surface area contributed by atoms with Gasteiger partial charge in [0.25, 0.3) is 5.89 Å². The third-order valence-electron chi connectivity index (χ3n) is 5.63. The molecule has 0 unspecified atom stereocenters. The van der Waals surface area contributed by atoms with Crippen molar-refractivity contribution in [3.8, 4) is 22.8 Å². The van der Waals surface area contributed by atoms with Crippen molar-refractivity contribution >= 4 is 0 Å². The third kappa shape index (κ3) is 5.72. The lowest BCUT2D eigenvalue weighted by molar-refractivity contribution is 0.116. The first kappa shape index (κ1) is 25.1. The molecule has 5 rings (SSSR count). The van der Waals surface area contributed by atoms with Crippen LogP contribution in [0.15, 0.2) is 65.3 Å². The van der Waals surface area contributed by atoms with E-state index in [-0.39, 0.29) is 17.7 Å². The smallest absolute Gasteiger partial charge is 0.314 e. The van der Waals surface area contributed by atoms with Crippen molar-refractivity contribution in [2.75, 3.05) is 7.05 Å². The Morgan fingerprint density at radius 3 is 2.16 bits per heavy atom. The molecule has 13 heteroatoms. The minimum atomic E-state index is -2.99. The van der Waals surface area contributed by atoms with Crippen molar-refractivity contribution in [2.24, 2.45) is 0 Å². The van der Waals surface area contributed by atoms with E-state index in [1.54, 1.807) is 12.4 Å². The zero-order valence-corrected chi connectivity index (χ0v) is 20.0. The number of nitrogens with zero attached hydrogens (tertiary/aromatic N) is 8. The van der Waals surface area contributed by atoms with Crippen molar-refractivity contribution in [1.82, 2.24) is 40.3 Å². The van der Waals surface area contributed by atoms with Crippen LogP contribution >= 0.6 is 0 Å². The van der Waals surface area contributed by atoms with Gasteiger partial charge in [-0.1, -0.05) is 24.3 Å². The summed E-state index contributed by atoms with van der Waals surface area (Å²) >= 11 is 0. The minimum absolute atomic E-state index is 0.165. The first-order chi connectivity index (χ1) is 18.4. The molecular weight excluding hydrogens is 504 g/mol. The Labute approximate surface area is 213 Å². The van der Waals surface area contributed by atoms with Crippen LogP contribution in [0, 0.1) is 11.6 Å². The van der Waals surface area contributed by atoms with Crippen molar-refractivity contribution < 1.29 is 22.0 Å². The van der Waals surface area contributed by atoms with Crippen LogP contribution in [-0.2, 0) is 19.6 Å². The Morgan fingerprint density at radius 2 is 1.53 bits per heavy atom. The largest absolute Gasteiger partial charge is 0.415 e. The second kappa shape index (κ2) is 10.8. The molecule has 194 valence electrons. The predicted octanol–water partition coefficient (Wildman–Crippen LogP) is 4.68. The van der Waals surface area contributed by atoms with Gasteiger partial charge in [0, 0.05) is 42.2 Å². The number of aromatic nitrogens is 7. The van der Waals surface area contributed by atoms with Gasteiger partial charge in [-0.05, 0) is 47.7 Å². The van der Waals surface area contributed by atoms with Gasteiger partial charge in [-0.15, -0.1) is 20.4 Å². The summed E-state index contributed by atoms with van der Waals surface area (Å²) < 4.78 is 59.5. The van der Waals surface area contributed by atoms with E-state index < -0.39 is 29.8 Å². The van der Waals surface area contributed by atoms with Crippen molar-refractivity contribution in [1.29, 1.82) is 0 Å². The second-order valence-electron chi connectivity index (χ2n) is 8.53. The maximum atomic E-state index is 14.7. The molecular formula is C25H20F4N8O. The van der Waals surface area contributed by atoms with E-state index in [0.29, 0.717) is 11.4 Å². The average molecular weight is 524 g/mol. The van der Waals surface area contributed by atoms with Crippen molar-refractivity contribution in [3.05, 3.63) is 95.1 Å². The molecule has 0 N–H and O–H groups in total. The maximum absolute atomic E-state index is 14.7. The van der Waals surface area contributed by atoms with Crippen LogP contribution in [0.3, 0.4) is 0 Å². The van der Waals surface area contributed by atoms with Gasteiger partial charge < -0.3 is 4.42 Å². The molecule has 0 aliphatic carbocycles. The molecule has 3 aromatic heterocycles. The van der Waals surface area contributed by atoms with E-state index in [1.165, 1.54) is 0 Å². The number of rotatable bonds is 9. The standard InChI is InChI=1S/C25H20F4N8O/c1-36(13-16-6-8-30-9-7-16)12-15-2-4-17(5-3-15)23-31-35-37(34-23)14-19-20(26)10-18(11-21(19)27)24-32-33-25(38-24)22(28)29/h2-11,22H,12-14H2,1H3. The van der Waals surface area contributed by atoms with Gasteiger partial charge in [-0.2, -0.15) is 13.6 Å². The lowest BCUT2D eigenvalue weighted by atomic mass is 10.1. The van der Waals surface area contributed by atoms with Crippen molar-refractivity contribution in [2.45, 2.75) is 26.1 Å². The van der Waals surface area contributed by atoms with Crippen LogP contribution < -0.4 is 0 Å². The molecule has 2 aromatic carbocycles. The summed E-state index contributed by atoms with van der Waals surface area (Å²) in [6.07, 6.45) is 0.534. The summed E-state index contributed by atoms with van der Waals surface area (Å²) in [4.78, 5) is 7.26. The monoisotopic (exact) mass is 524 g/mol. The molecule has 0 saturated carbocycles. The van der Waals surface area contributed by atoms with E-state index in [0.717, 1.165) is 41.1 Å². The van der Waals surface area contributed by atoms with Crippen LogP contribution in [0.2, 0.25) is 0 Å². The molecule has 0 aliphatic rings. The normalized spacial score (nSPS) is 11.6. The highest BCUT2D eigenvalue weighted by atomic mass is 19.3. The SMILES string of the molecule is CN(Cc1ccncc1)Cc1ccc(-c2nnn(Cc3c(F)cc(-c4nnc(C(F)F)o4)cc3F)n2)cc1. The van der Waals surface area contributed by atoms with E-state index in [4.69, 9.17) is 4.42 Å². The second-order valence-corrected chi connectivity index (χ2v) is 8.53. The van der Waals surface area contributed by atoms with Crippen molar-refractivity contribution in [3.63, 3.8) is 0 Å². The fraction of sp³-hybridized carbons (Fsp3) is 0.200. The zero-order chi connectivity index (χ0) is 26.6. The maximum Gasteiger partial charge on any atom is 0.314 e. The molecule has 0 fully saturated rings. The van der Waals surface area contributed by atoms with Crippen LogP contribution in [0.4, 0.5) is 17.6 Å². The van der Waals surface area contributed by atoms with Crippen LogP contribution in [0.5, 0.6) is 0 Å². The van der Waals surface area contributed by atoms with Gasteiger partial charge in [0.05, 0.1) is 6.54 Å². The topological polar surface area (TPSA) is 98.7 Å². The minimum Gasteiger partial charge on any atom is -0.415 e. The first-order valence-electron chi connectivity index (χ1n) is 11.4. The number of hydrogen-bond donors (Lipinski definition) is 0. The molecule has 38 heavy (non-hydrogen) atoms. The summed E-state index contributed by atoms with van der Waals surface area (Å²) in [6, 6.07) is 13.4. The Balaban J connectivity index is 1.25. The average Bonchev–Trinajstić information content (AvgIpc) is 3.58. The highest BCUT2D eigenvalue weighted by Gasteiger charge is 2.20. The summed E-state index contributed by atoms with van der Waals surface area (Å²) in [5, 5.41) is 18.7. The van der Waals surface area contributed by atoms with Gasteiger partial charge >= 0.3 is 6.43 Å². The number of hydrogen-bond acceptors (Lipinski definition) is 8. The zero-order valence-electron chi connectivity index (χ0n) is 20.0. The molecule has 0 bridgehead atoms. The van der Waals surface area contributed by atoms with Crippen LogP contribution in [0.25, 0.3) is 22.8 Å². The molecule has 0 spiro atoms. The Hall–Kier alpha value is -4.52. The summed E-state index contributed by atoms with van der Waals surface area (Å²) in [5.74, 6) is -2.96. The molecule has 0 radical (unpaired) electrons. The van der Waals surface area contributed by atoms with E-state index in [1.807, 2.05) is 43.4 Å². The number of benzene rings is 2. The van der Waals surface area contributed by atoms with Gasteiger partial charge in [0.1, 0.15) is 11.6 Å². The van der Waals surface area contributed by atoms with Gasteiger partial charge in [-0.3, -0.25) is 9.88 Å². The molecule has 3 heterocycles. The molecule has 0 saturated heterocycles. The van der Waals surface area contributed by atoms with E-state index in [2.05, 4.69) is 35.5 Å². The highest BCUT2D eigenvalue weighted by Crippen LogP contribution is 2.27. The number of tetrazole rings is 1. The highest BCUT2D eigenvalue weighted by molar-refractivity contribution is 5.55. The lowest BCUT2D eigenvalue weighted by Gasteiger charge is -2.16. The fourth-order valence-corrected chi connectivity index (χ4v) is 3.81. The number of pyridine rings is 1. The lowest BCUT2D eigenvalue weighted by Crippen LogP contribution is -2.17. The molecule has 9 nitrogen and oxygen atoms in total. The molecule has 0 amide bonds. The van der Waals surface area contributed by atoms with E-state index in [9.17, 15) is 17.6 Å². The summed E-state index contributed by atoms with van der Waals surface area (Å²) in [6.45, 7) is 1.17. The third-order valence-corrected chi connectivity index (χ3v) is 5.63. The van der Waals surface area contributed by atoms with E-state index >= 15 is 0 Å². The molecule has 5 aromatic rings. The van der Waals surface area contributed by atoms with Gasteiger partial charge in [-0.25, -0.2) is 8.78 Å². The van der Waals surface area contributed by atoms with Crippen LogP contribution in [0.1, 0.15) is 29.0 Å². The molecule has 0 aliphatic heterocycles. The number of alkyl halides is 2. The Morgan fingerprint density at radius 1 is 0.868 bits per heavy atom. The van der Waals surface area contributed by atoms with Gasteiger partial charge in [0.15, 0.2) is 0 Å². The predicted molar refractivity (Wildman–Crippen MR) is 126 cm³/mol. The fourth-order valence-electron chi connectivity index (χ4n) is 3.81. The molecule has 0 atom stereocenters. The Bertz CT molecular complexity index is 1500.